The van der Waals surface area contributed by atoms with Crippen LogP contribution in [-0.4, -0.2) is 33.5 Å². The Bertz CT molecular complexity index is 704. The van der Waals surface area contributed by atoms with Crippen LogP contribution in [0.4, 0.5) is 4.39 Å². The predicted molar refractivity (Wildman–Crippen MR) is 85.7 cm³/mol. The van der Waals surface area contributed by atoms with Crippen LogP contribution in [0, 0.1) is 19.7 Å². The van der Waals surface area contributed by atoms with Crippen molar-refractivity contribution in [3.8, 4) is 0 Å². The Hall–Kier alpha value is -2.14. The number of carbonyl (C=O) groups is 1. The maximum absolute atomic E-state index is 13.0. The largest absolute Gasteiger partial charge is 0.387 e. The van der Waals surface area contributed by atoms with Gasteiger partial charge in [0.1, 0.15) is 11.5 Å². The summed E-state index contributed by atoms with van der Waals surface area (Å²) in [5.41, 5.74) is 3.06. The van der Waals surface area contributed by atoms with Crippen LogP contribution in [0.2, 0.25) is 0 Å². The number of carbonyl (C=O) groups excluding carboxylic acids is 1. The summed E-state index contributed by atoms with van der Waals surface area (Å²) in [6, 6.07) is 7.87. The van der Waals surface area contributed by atoms with Crippen LogP contribution < -0.4 is 0 Å². The molecule has 1 aromatic carbocycles. The van der Waals surface area contributed by atoms with Crippen LogP contribution in [0.25, 0.3) is 0 Å². The van der Waals surface area contributed by atoms with Crippen LogP contribution in [0.15, 0.2) is 30.3 Å². The van der Waals surface area contributed by atoms with E-state index in [4.69, 9.17) is 0 Å². The molecule has 0 radical (unpaired) electrons. The second-order valence-corrected chi connectivity index (χ2v) is 6.27. The Morgan fingerprint density at radius 2 is 2.00 bits per heavy atom. The first kappa shape index (κ1) is 15.7. The highest BCUT2D eigenvalue weighted by atomic mass is 19.1. The minimum atomic E-state index is -0.823. The highest BCUT2D eigenvalue weighted by Crippen LogP contribution is 2.30. The maximum Gasteiger partial charge on any atom is 0.270 e. The van der Waals surface area contributed by atoms with E-state index in [1.54, 1.807) is 17.0 Å². The lowest BCUT2D eigenvalue weighted by Gasteiger charge is -2.25. The first-order valence-electron chi connectivity index (χ1n) is 7.86. The molecule has 122 valence electrons. The number of benzene rings is 1. The molecule has 4 nitrogen and oxygen atoms in total. The first-order chi connectivity index (χ1) is 11.0. The average Bonchev–Trinajstić information content (AvgIpc) is 3.29. The third-order valence-electron chi connectivity index (χ3n) is 4.24. The van der Waals surface area contributed by atoms with Gasteiger partial charge < -0.3 is 15.0 Å². The molecular weight excluding hydrogens is 295 g/mol. The van der Waals surface area contributed by atoms with Crippen molar-refractivity contribution in [2.45, 2.75) is 38.8 Å². The second-order valence-electron chi connectivity index (χ2n) is 6.27. The van der Waals surface area contributed by atoms with Gasteiger partial charge in [-0.15, -0.1) is 0 Å². The van der Waals surface area contributed by atoms with Gasteiger partial charge in [-0.1, -0.05) is 12.1 Å². The predicted octanol–water partition coefficient (Wildman–Crippen LogP) is 3.11. The van der Waals surface area contributed by atoms with Crippen molar-refractivity contribution in [1.82, 2.24) is 9.88 Å². The Morgan fingerprint density at radius 1 is 1.35 bits per heavy atom. The maximum atomic E-state index is 13.0. The molecule has 2 aromatic rings. The molecular formula is C18H21FN2O2. The van der Waals surface area contributed by atoms with E-state index in [2.05, 4.69) is 4.98 Å². The normalized spacial score (nSPS) is 15.5. The second kappa shape index (κ2) is 6.16. The molecule has 0 aliphatic heterocycles. The Morgan fingerprint density at radius 3 is 2.52 bits per heavy atom. The van der Waals surface area contributed by atoms with Crippen LogP contribution in [0.3, 0.4) is 0 Å². The number of aliphatic hydroxyl groups is 1. The van der Waals surface area contributed by atoms with Gasteiger partial charge in [0, 0.05) is 11.7 Å². The van der Waals surface area contributed by atoms with E-state index in [0.717, 1.165) is 24.1 Å². The zero-order valence-electron chi connectivity index (χ0n) is 13.3. The van der Waals surface area contributed by atoms with Crippen molar-refractivity contribution in [2.75, 3.05) is 6.54 Å². The topological polar surface area (TPSA) is 56.3 Å². The van der Waals surface area contributed by atoms with Crippen molar-refractivity contribution in [1.29, 1.82) is 0 Å². The lowest BCUT2D eigenvalue weighted by molar-refractivity contribution is 0.0597. The molecule has 2 N–H and O–H groups in total. The molecule has 1 amide bonds. The lowest BCUT2D eigenvalue weighted by atomic mass is 10.1. The van der Waals surface area contributed by atoms with E-state index in [-0.39, 0.29) is 24.3 Å². The van der Waals surface area contributed by atoms with Crippen molar-refractivity contribution >= 4 is 5.91 Å². The van der Waals surface area contributed by atoms with Gasteiger partial charge in [-0.3, -0.25) is 4.79 Å². The number of aryl methyl sites for hydroxylation is 2. The smallest absolute Gasteiger partial charge is 0.270 e. The number of hydrogen-bond donors (Lipinski definition) is 2. The van der Waals surface area contributed by atoms with Gasteiger partial charge in [0.05, 0.1) is 12.6 Å². The molecule has 1 aromatic heterocycles. The molecule has 1 atom stereocenters. The molecule has 5 heteroatoms. The van der Waals surface area contributed by atoms with Crippen molar-refractivity contribution in [2.24, 2.45) is 0 Å². The van der Waals surface area contributed by atoms with E-state index >= 15 is 0 Å². The summed E-state index contributed by atoms with van der Waals surface area (Å²) in [6.07, 6.45) is 1.10. The SMILES string of the molecule is Cc1cc(C)c(C(=O)N(CC(O)c2ccc(F)cc2)C2CC2)[nH]1. The van der Waals surface area contributed by atoms with Crippen LogP contribution >= 0.6 is 0 Å². The minimum Gasteiger partial charge on any atom is -0.387 e. The van der Waals surface area contributed by atoms with Gasteiger partial charge in [0.25, 0.3) is 5.91 Å². The number of aromatic amines is 1. The first-order valence-corrected chi connectivity index (χ1v) is 7.86. The molecule has 23 heavy (non-hydrogen) atoms. The summed E-state index contributed by atoms with van der Waals surface area (Å²) < 4.78 is 13.0. The molecule has 1 aliphatic rings. The Balaban J connectivity index is 1.78. The standard InChI is InChI=1S/C18H21FN2O2/c1-11-9-12(2)20-17(11)18(23)21(15-7-8-15)10-16(22)13-3-5-14(19)6-4-13/h3-6,9,15-16,20,22H,7-8,10H2,1-2H3. The zero-order chi connectivity index (χ0) is 16.6. The minimum absolute atomic E-state index is 0.0840. The molecule has 1 fully saturated rings. The van der Waals surface area contributed by atoms with Gasteiger partial charge >= 0.3 is 0 Å². The van der Waals surface area contributed by atoms with Gasteiger partial charge in [-0.25, -0.2) is 4.39 Å². The van der Waals surface area contributed by atoms with E-state index in [1.165, 1.54) is 12.1 Å². The fourth-order valence-corrected chi connectivity index (χ4v) is 2.86. The molecule has 1 saturated carbocycles. The number of aromatic nitrogens is 1. The van der Waals surface area contributed by atoms with Gasteiger partial charge in [0.15, 0.2) is 0 Å². The summed E-state index contributed by atoms with van der Waals surface area (Å²) in [6.45, 7) is 4.03. The van der Waals surface area contributed by atoms with Crippen molar-refractivity contribution in [3.63, 3.8) is 0 Å². The molecule has 0 spiro atoms. The van der Waals surface area contributed by atoms with Crippen LogP contribution in [-0.2, 0) is 0 Å². The fourth-order valence-electron chi connectivity index (χ4n) is 2.86. The number of nitrogens with zero attached hydrogens (tertiary/aromatic N) is 1. The number of H-pyrrole nitrogens is 1. The number of aliphatic hydroxyl groups excluding tert-OH is 1. The summed E-state index contributed by atoms with van der Waals surface area (Å²) in [5.74, 6) is -0.423. The van der Waals surface area contributed by atoms with Crippen LogP contribution in [0.5, 0.6) is 0 Å². The molecule has 1 aliphatic carbocycles. The summed E-state index contributed by atoms with van der Waals surface area (Å²) in [4.78, 5) is 17.6. The third-order valence-corrected chi connectivity index (χ3v) is 4.24. The quantitative estimate of drug-likeness (QED) is 0.890. The molecule has 3 rings (SSSR count). The summed E-state index contributed by atoms with van der Waals surface area (Å²) >= 11 is 0. The molecule has 1 heterocycles. The number of rotatable bonds is 5. The molecule has 1 unspecified atom stereocenters. The fraction of sp³-hybridized carbons (Fsp3) is 0.389. The summed E-state index contributed by atoms with van der Waals surface area (Å²) in [7, 11) is 0. The number of hydrogen-bond acceptors (Lipinski definition) is 2. The Labute approximate surface area is 134 Å². The average molecular weight is 316 g/mol. The lowest BCUT2D eigenvalue weighted by Crippen LogP contribution is -2.37. The number of amides is 1. The highest BCUT2D eigenvalue weighted by Gasteiger charge is 2.35. The molecule has 0 saturated heterocycles. The van der Waals surface area contributed by atoms with Gasteiger partial charge in [-0.2, -0.15) is 0 Å². The van der Waals surface area contributed by atoms with E-state index < -0.39 is 6.10 Å². The summed E-state index contributed by atoms with van der Waals surface area (Å²) in [5, 5.41) is 10.4. The Kier molecular flexibility index (Phi) is 4.22. The van der Waals surface area contributed by atoms with Gasteiger partial charge in [-0.05, 0) is 56.0 Å². The van der Waals surface area contributed by atoms with Gasteiger partial charge in [0.2, 0.25) is 0 Å². The van der Waals surface area contributed by atoms with Crippen molar-refractivity contribution < 1.29 is 14.3 Å². The monoisotopic (exact) mass is 316 g/mol. The zero-order valence-corrected chi connectivity index (χ0v) is 13.3. The number of halogens is 1. The van der Waals surface area contributed by atoms with E-state index in [9.17, 15) is 14.3 Å². The third kappa shape index (κ3) is 3.45. The van der Waals surface area contributed by atoms with E-state index in [1.807, 2.05) is 19.9 Å². The molecule has 0 bridgehead atoms. The number of nitrogens with one attached hydrogen (secondary N) is 1. The van der Waals surface area contributed by atoms with Crippen LogP contribution in [0.1, 0.15) is 46.3 Å². The highest BCUT2D eigenvalue weighted by molar-refractivity contribution is 5.94. The van der Waals surface area contributed by atoms with E-state index in [0.29, 0.717) is 11.3 Å². The van der Waals surface area contributed by atoms with Crippen molar-refractivity contribution in [3.05, 3.63) is 58.7 Å².